The Balaban J connectivity index is 1.23. The average Bonchev–Trinajstić information content (AvgIpc) is 4.13. The molecular weight excluding hydrogens is 920 g/mol. The first-order chi connectivity index (χ1) is 31.2. The van der Waals surface area contributed by atoms with E-state index in [1.165, 1.54) is 22.6 Å². The summed E-state index contributed by atoms with van der Waals surface area (Å²) in [5.74, 6) is -4.80. The Labute approximate surface area is 390 Å². The molecule has 2 aromatic rings. The number of allylic oxidation sites excluding steroid dienone is 2. The fourth-order valence-corrected chi connectivity index (χ4v) is 11.9. The minimum Gasteiger partial charge on any atom is -0.497 e. The van der Waals surface area contributed by atoms with Crippen LogP contribution in [0.1, 0.15) is 92.4 Å². The highest BCUT2D eigenvalue weighted by molar-refractivity contribution is 7.91. The molecule has 67 heavy (non-hydrogen) atoms. The third-order valence-corrected chi connectivity index (χ3v) is 18.1. The van der Waals surface area contributed by atoms with E-state index in [-0.39, 0.29) is 44.3 Å². The number of aromatic nitrogens is 1. The van der Waals surface area contributed by atoms with Crippen molar-refractivity contribution in [3.63, 3.8) is 0 Å². The monoisotopic (exact) mass is 981 g/mol. The molecule has 4 fully saturated rings. The first-order valence-electron chi connectivity index (χ1n) is 22.9. The van der Waals surface area contributed by atoms with E-state index in [0.717, 1.165) is 13.8 Å². The van der Waals surface area contributed by atoms with Crippen LogP contribution in [0.25, 0.3) is 10.8 Å². The van der Waals surface area contributed by atoms with Crippen molar-refractivity contribution in [1.82, 2.24) is 18.9 Å². The van der Waals surface area contributed by atoms with Gasteiger partial charge >= 0.3 is 12.1 Å². The summed E-state index contributed by atoms with van der Waals surface area (Å²) in [4.78, 5) is 65.4. The van der Waals surface area contributed by atoms with E-state index in [1.807, 2.05) is 24.0 Å². The van der Waals surface area contributed by atoms with Gasteiger partial charge < -0.3 is 24.0 Å². The van der Waals surface area contributed by atoms with Crippen LogP contribution in [-0.4, -0.2) is 129 Å². The molecule has 370 valence electrons. The SMILES string of the molecule is COc1ccc2c(O[C@@H]3C[C@H]4C(=O)C[C@]5(C(=O)NS(=O)(=O)C6(C)CC6)C[C@H]5/C=C\CC[C@@H](C)C[C@@H](C)[C@H](CC(=O)OC(C)(C)C(F)(F)F)C(=O)N4C3)ncc(N3CCN(S(C)(=O)=O)CC3)c2c1. The van der Waals surface area contributed by atoms with E-state index >= 15 is 4.79 Å². The second-order valence-corrected chi connectivity index (χ2v) is 24.3. The first-order valence-corrected chi connectivity index (χ1v) is 26.2. The Morgan fingerprint density at radius 3 is 2.31 bits per heavy atom. The van der Waals surface area contributed by atoms with Gasteiger partial charge in [-0.2, -0.15) is 17.5 Å². The topological polar surface area (TPSA) is 199 Å². The molecule has 2 amide bonds. The fraction of sp³-hybridized carbons (Fsp3) is 0.674. The molecule has 1 aromatic heterocycles. The summed E-state index contributed by atoms with van der Waals surface area (Å²) >= 11 is 0. The fourth-order valence-electron chi connectivity index (χ4n) is 9.72. The standard InChI is InChI=1S/C46H62F3N5O11S2/c1-28-10-8-9-11-30-24-45(30,42(58)51-67(61,62)44(5)14-15-44)25-38(55)36-22-32(27-54(36)41(57)34(29(2)20-28)23-39(56)65-43(3,4)46(47,48)49)64-40-33-13-12-31(63-6)21-35(33)37(26-50-40)52-16-18-53(19-17-52)66(7,59)60/h9,11-13,21,26,28-30,32,34,36H,8,10,14-20,22-25,27H2,1-7H3,(H,51,58)/b11-9-/t28-,29-,30-,32-,34+,36+,45-/m1/s1. The van der Waals surface area contributed by atoms with Crippen LogP contribution >= 0.6 is 0 Å². The van der Waals surface area contributed by atoms with E-state index in [1.54, 1.807) is 38.2 Å². The van der Waals surface area contributed by atoms with Gasteiger partial charge in [-0.15, -0.1) is 0 Å². The van der Waals surface area contributed by atoms with Crippen molar-refractivity contribution in [2.45, 2.75) is 121 Å². The third kappa shape index (κ3) is 10.6. The molecule has 0 bridgehead atoms. The van der Waals surface area contributed by atoms with Gasteiger partial charge in [0.25, 0.3) is 0 Å². The van der Waals surface area contributed by atoms with Crippen LogP contribution < -0.4 is 19.1 Å². The largest absolute Gasteiger partial charge is 0.497 e. The van der Waals surface area contributed by atoms with Gasteiger partial charge in [0.05, 0.1) is 60.3 Å². The number of piperazine rings is 1. The van der Waals surface area contributed by atoms with Crippen LogP contribution in [0.3, 0.4) is 0 Å². The van der Waals surface area contributed by atoms with Gasteiger partial charge in [-0.1, -0.05) is 26.0 Å². The maximum Gasteiger partial charge on any atom is 0.427 e. The predicted molar refractivity (Wildman–Crippen MR) is 242 cm³/mol. The highest BCUT2D eigenvalue weighted by atomic mass is 32.2. The van der Waals surface area contributed by atoms with Crippen LogP contribution in [0.2, 0.25) is 0 Å². The Morgan fingerprint density at radius 2 is 1.69 bits per heavy atom. The minimum atomic E-state index is -4.90. The lowest BCUT2D eigenvalue weighted by atomic mass is 9.82. The van der Waals surface area contributed by atoms with Crippen LogP contribution in [0.15, 0.2) is 36.5 Å². The molecule has 2 aliphatic carbocycles. The number of ketones is 1. The number of hydrogen-bond acceptors (Lipinski definition) is 13. The highest BCUT2D eigenvalue weighted by Crippen LogP contribution is 2.58. The van der Waals surface area contributed by atoms with Crippen molar-refractivity contribution in [3.8, 4) is 11.6 Å². The van der Waals surface area contributed by atoms with Crippen molar-refractivity contribution in [2.24, 2.45) is 29.1 Å². The van der Waals surface area contributed by atoms with Gasteiger partial charge in [0.15, 0.2) is 5.78 Å². The molecule has 0 unspecified atom stereocenters. The number of hydrogen-bond donors (Lipinski definition) is 1. The van der Waals surface area contributed by atoms with Crippen LogP contribution in [-0.2, 0) is 44.0 Å². The number of halogens is 3. The number of nitrogens with one attached hydrogen (secondary N) is 1. The van der Waals surface area contributed by atoms with Crippen LogP contribution in [0.4, 0.5) is 18.9 Å². The van der Waals surface area contributed by atoms with Crippen molar-refractivity contribution in [3.05, 3.63) is 36.5 Å². The number of nitrogens with zero attached hydrogens (tertiary/aromatic N) is 4. The Morgan fingerprint density at radius 1 is 1.00 bits per heavy atom. The number of methoxy groups -OCH3 is 1. The molecule has 2 saturated carbocycles. The van der Waals surface area contributed by atoms with E-state index < -0.39 is 108 Å². The highest BCUT2D eigenvalue weighted by Gasteiger charge is 2.63. The maximum atomic E-state index is 15.1. The number of fused-ring (bicyclic) bond motifs is 3. The van der Waals surface area contributed by atoms with Gasteiger partial charge in [0.2, 0.25) is 43.3 Å². The van der Waals surface area contributed by atoms with E-state index in [9.17, 15) is 44.4 Å². The Hall–Kier alpha value is -4.50. The lowest BCUT2D eigenvalue weighted by Crippen LogP contribution is -2.48. The summed E-state index contributed by atoms with van der Waals surface area (Å²) in [7, 11) is -5.95. The van der Waals surface area contributed by atoms with E-state index in [4.69, 9.17) is 19.2 Å². The third-order valence-electron chi connectivity index (χ3n) is 14.6. The molecular formula is C46H62F3N5O11S2. The molecule has 21 heteroatoms. The predicted octanol–water partition coefficient (Wildman–Crippen LogP) is 5.54. The minimum absolute atomic E-state index is 0.0176. The molecule has 7 atom stereocenters. The second-order valence-electron chi connectivity index (χ2n) is 20.1. The number of pyridine rings is 1. The molecule has 1 aromatic carbocycles. The zero-order chi connectivity index (χ0) is 49.1. The summed E-state index contributed by atoms with van der Waals surface area (Å²) < 4.78 is 113. The van der Waals surface area contributed by atoms with Gasteiger partial charge in [-0.3, -0.25) is 23.9 Å². The normalized spacial score (nSPS) is 29.2. The number of Topliss-reactive ketones (excluding diaryl/α,β-unsaturated/α-hetero) is 1. The first kappa shape index (κ1) is 50.4. The number of carbonyl (C=O) groups excluding carboxylic acids is 4. The molecule has 1 N–H and O–H groups in total. The zero-order valence-electron chi connectivity index (χ0n) is 39.1. The van der Waals surface area contributed by atoms with Crippen LogP contribution in [0.5, 0.6) is 11.6 Å². The number of anilines is 1. The lowest BCUT2D eigenvalue weighted by Gasteiger charge is -2.35. The van der Waals surface area contributed by atoms with Gasteiger partial charge in [0, 0.05) is 49.8 Å². The maximum absolute atomic E-state index is 15.1. The molecule has 7 rings (SSSR count). The smallest absolute Gasteiger partial charge is 0.427 e. The summed E-state index contributed by atoms with van der Waals surface area (Å²) in [6, 6.07) is 4.04. The number of carbonyl (C=O) groups is 4. The van der Waals surface area contributed by atoms with Crippen molar-refractivity contribution in [1.29, 1.82) is 0 Å². The summed E-state index contributed by atoms with van der Waals surface area (Å²) in [5.41, 5.74) is -3.58. The summed E-state index contributed by atoms with van der Waals surface area (Å²) in [5, 5.41) is 1.23. The lowest BCUT2D eigenvalue weighted by molar-refractivity contribution is -0.257. The molecule has 5 aliphatic rings. The Bertz CT molecular complexity index is 2530. The van der Waals surface area contributed by atoms with E-state index in [2.05, 4.69) is 4.72 Å². The Kier molecular flexibility index (Phi) is 13.9. The summed E-state index contributed by atoms with van der Waals surface area (Å²) in [6.07, 6.45) is 2.10. The average molecular weight is 982 g/mol. The molecule has 4 heterocycles. The number of esters is 1. The van der Waals surface area contributed by atoms with Gasteiger partial charge in [0.1, 0.15) is 11.9 Å². The molecule has 0 radical (unpaired) electrons. The number of benzene rings is 1. The molecule has 16 nitrogen and oxygen atoms in total. The van der Waals surface area contributed by atoms with Crippen molar-refractivity contribution >= 4 is 60.1 Å². The van der Waals surface area contributed by atoms with Crippen molar-refractivity contribution in [2.75, 3.05) is 51.0 Å². The second kappa shape index (κ2) is 18.4. The van der Waals surface area contributed by atoms with Crippen LogP contribution in [0, 0.1) is 29.1 Å². The number of alkyl halides is 3. The van der Waals surface area contributed by atoms with Gasteiger partial charge in [-0.05, 0) is 95.2 Å². The molecule has 0 spiro atoms. The number of rotatable bonds is 11. The number of amides is 2. The van der Waals surface area contributed by atoms with E-state index in [0.29, 0.717) is 67.4 Å². The quantitative estimate of drug-likeness (QED) is 0.218. The molecule has 3 aliphatic heterocycles. The summed E-state index contributed by atoms with van der Waals surface area (Å²) in [6.45, 7) is 7.81. The van der Waals surface area contributed by atoms with Crippen molar-refractivity contribution < 1.29 is 63.4 Å². The zero-order valence-corrected chi connectivity index (χ0v) is 40.7. The number of ether oxygens (including phenoxy) is 3. The number of sulfonamides is 2. The van der Waals surface area contributed by atoms with Gasteiger partial charge in [-0.25, -0.2) is 21.8 Å². The molecule has 2 saturated heterocycles.